The molecule has 0 aliphatic carbocycles. The van der Waals surface area contributed by atoms with Crippen molar-refractivity contribution in [1.29, 1.82) is 5.26 Å². The highest BCUT2D eigenvalue weighted by Gasteiger charge is 2.19. The minimum absolute atomic E-state index is 0.183. The van der Waals surface area contributed by atoms with Crippen LogP contribution in [0.5, 0.6) is 0 Å². The highest BCUT2D eigenvalue weighted by molar-refractivity contribution is 5.79. The molecule has 90 valence electrons. The van der Waals surface area contributed by atoms with Crippen LogP contribution in [0.1, 0.15) is 31.9 Å². The van der Waals surface area contributed by atoms with Crippen LogP contribution in [0.15, 0.2) is 24.3 Å². The van der Waals surface area contributed by atoms with Gasteiger partial charge in [0.05, 0.1) is 6.07 Å². The van der Waals surface area contributed by atoms with Gasteiger partial charge in [-0.3, -0.25) is 4.79 Å². The molecule has 0 bridgehead atoms. The molecule has 1 aromatic rings. The summed E-state index contributed by atoms with van der Waals surface area (Å²) in [4.78, 5) is 11.6. The molecule has 0 aliphatic rings. The number of nitrogens with one attached hydrogen (secondary N) is 1. The number of nitriles is 1. The smallest absolute Gasteiger partial charge is 0.224 e. The van der Waals surface area contributed by atoms with Crippen molar-refractivity contribution < 1.29 is 9.18 Å². The first-order chi connectivity index (χ1) is 8.10. The van der Waals surface area contributed by atoms with Gasteiger partial charge in [0.15, 0.2) is 0 Å². The summed E-state index contributed by atoms with van der Waals surface area (Å²) in [6.45, 7) is 3.65. The van der Waals surface area contributed by atoms with Gasteiger partial charge in [0.1, 0.15) is 11.9 Å². The molecule has 0 fully saturated rings. The van der Waals surface area contributed by atoms with E-state index in [1.807, 2.05) is 13.0 Å². The van der Waals surface area contributed by atoms with Crippen LogP contribution in [0.4, 0.5) is 4.39 Å². The number of nitrogens with zero attached hydrogens (tertiary/aromatic N) is 1. The van der Waals surface area contributed by atoms with Gasteiger partial charge in [0.2, 0.25) is 5.91 Å². The second kappa shape index (κ2) is 6.00. The molecule has 1 N–H and O–H groups in total. The third kappa shape index (κ3) is 3.28. The molecule has 0 saturated carbocycles. The summed E-state index contributed by atoms with van der Waals surface area (Å²) in [7, 11) is 0. The summed E-state index contributed by atoms with van der Waals surface area (Å²) in [6, 6.07) is 6.92. The van der Waals surface area contributed by atoms with Crippen molar-refractivity contribution in [3.8, 4) is 6.07 Å². The van der Waals surface area contributed by atoms with Crippen LogP contribution in [0, 0.1) is 23.1 Å². The molecule has 1 aromatic carbocycles. The summed E-state index contributed by atoms with van der Waals surface area (Å²) in [6.07, 6.45) is 0.682. The Kier molecular flexibility index (Phi) is 4.65. The summed E-state index contributed by atoms with van der Waals surface area (Å²) in [5.74, 6) is -0.900. The minimum Gasteiger partial charge on any atom is -0.336 e. The first kappa shape index (κ1) is 13.2. The van der Waals surface area contributed by atoms with Gasteiger partial charge in [-0.25, -0.2) is 4.39 Å². The average molecular weight is 234 g/mol. The minimum atomic E-state index is -0.933. The number of hydrogen-bond donors (Lipinski definition) is 1. The number of halogens is 1. The number of carbonyl (C=O) groups is 1. The Bertz CT molecular complexity index is 439. The number of carbonyl (C=O) groups excluding carboxylic acids is 1. The first-order valence-electron chi connectivity index (χ1n) is 5.54. The normalized spacial score (nSPS) is 13.5. The monoisotopic (exact) mass is 234 g/mol. The molecule has 1 rings (SSSR count). The average Bonchev–Trinajstić information content (AvgIpc) is 2.35. The molecule has 0 saturated heterocycles. The molecule has 0 aliphatic heterocycles. The number of benzene rings is 1. The van der Waals surface area contributed by atoms with Crippen molar-refractivity contribution >= 4 is 5.91 Å². The third-order valence-corrected chi connectivity index (χ3v) is 2.69. The van der Waals surface area contributed by atoms with Crippen LogP contribution in [-0.4, -0.2) is 5.91 Å². The highest BCUT2D eigenvalue weighted by Crippen LogP contribution is 2.16. The zero-order valence-electron chi connectivity index (χ0n) is 9.90. The fourth-order valence-corrected chi connectivity index (χ4v) is 1.36. The second-order valence-electron chi connectivity index (χ2n) is 3.90. The maximum atomic E-state index is 13.5. The van der Waals surface area contributed by atoms with Gasteiger partial charge >= 0.3 is 0 Å². The van der Waals surface area contributed by atoms with E-state index in [9.17, 15) is 9.18 Å². The Labute approximate surface area is 100 Å². The molecular formula is C13H15FN2O. The van der Waals surface area contributed by atoms with Crippen molar-refractivity contribution in [2.24, 2.45) is 5.92 Å². The SMILES string of the molecule is CC[C@@H](C)C(=O)N[C@H](C#N)c1ccccc1F. The van der Waals surface area contributed by atoms with Crippen molar-refractivity contribution in [2.45, 2.75) is 26.3 Å². The Morgan fingerprint density at radius 3 is 2.71 bits per heavy atom. The van der Waals surface area contributed by atoms with Crippen molar-refractivity contribution in [3.63, 3.8) is 0 Å². The lowest BCUT2D eigenvalue weighted by Crippen LogP contribution is -2.32. The van der Waals surface area contributed by atoms with Gasteiger partial charge in [-0.15, -0.1) is 0 Å². The molecule has 0 spiro atoms. The van der Waals surface area contributed by atoms with Crippen LogP contribution >= 0.6 is 0 Å². The molecular weight excluding hydrogens is 219 g/mol. The standard InChI is InChI=1S/C13H15FN2O/c1-3-9(2)13(17)16-12(8-15)10-6-4-5-7-11(10)14/h4-7,9,12H,3H2,1-2H3,(H,16,17)/t9-,12-/m1/s1. The molecule has 17 heavy (non-hydrogen) atoms. The zero-order chi connectivity index (χ0) is 12.8. The number of amides is 1. The number of rotatable bonds is 4. The fourth-order valence-electron chi connectivity index (χ4n) is 1.36. The largest absolute Gasteiger partial charge is 0.336 e. The first-order valence-corrected chi connectivity index (χ1v) is 5.54. The van der Waals surface area contributed by atoms with Gasteiger partial charge in [-0.1, -0.05) is 32.0 Å². The van der Waals surface area contributed by atoms with Crippen LogP contribution in [0.25, 0.3) is 0 Å². The van der Waals surface area contributed by atoms with Crippen molar-refractivity contribution in [3.05, 3.63) is 35.6 Å². The van der Waals surface area contributed by atoms with E-state index < -0.39 is 11.9 Å². The van der Waals surface area contributed by atoms with Gasteiger partial charge in [0.25, 0.3) is 0 Å². The van der Waals surface area contributed by atoms with E-state index in [0.29, 0.717) is 6.42 Å². The Hall–Kier alpha value is -1.89. The van der Waals surface area contributed by atoms with E-state index in [1.165, 1.54) is 12.1 Å². The lowest BCUT2D eigenvalue weighted by Gasteiger charge is -2.15. The second-order valence-corrected chi connectivity index (χ2v) is 3.90. The van der Waals surface area contributed by atoms with Crippen LogP contribution in [-0.2, 0) is 4.79 Å². The summed E-state index contributed by atoms with van der Waals surface area (Å²) >= 11 is 0. The van der Waals surface area contributed by atoms with Crippen molar-refractivity contribution in [1.82, 2.24) is 5.32 Å². The van der Waals surface area contributed by atoms with E-state index in [4.69, 9.17) is 5.26 Å². The summed E-state index contributed by atoms with van der Waals surface area (Å²) < 4.78 is 13.5. The molecule has 0 aromatic heterocycles. The molecule has 2 atom stereocenters. The third-order valence-electron chi connectivity index (χ3n) is 2.69. The highest BCUT2D eigenvalue weighted by atomic mass is 19.1. The molecule has 1 amide bonds. The van der Waals surface area contributed by atoms with E-state index in [0.717, 1.165) is 0 Å². The maximum absolute atomic E-state index is 13.5. The molecule has 0 radical (unpaired) electrons. The lowest BCUT2D eigenvalue weighted by molar-refractivity contribution is -0.125. The van der Waals surface area contributed by atoms with Crippen LogP contribution in [0.2, 0.25) is 0 Å². The van der Waals surface area contributed by atoms with Gasteiger partial charge in [-0.05, 0) is 12.5 Å². The fraction of sp³-hybridized carbons (Fsp3) is 0.385. The van der Waals surface area contributed by atoms with Gasteiger partial charge < -0.3 is 5.32 Å². The zero-order valence-corrected chi connectivity index (χ0v) is 9.90. The maximum Gasteiger partial charge on any atom is 0.224 e. The quantitative estimate of drug-likeness (QED) is 0.870. The van der Waals surface area contributed by atoms with Crippen molar-refractivity contribution in [2.75, 3.05) is 0 Å². The van der Waals surface area contributed by atoms with Gasteiger partial charge in [0, 0.05) is 11.5 Å². The van der Waals surface area contributed by atoms with Crippen LogP contribution in [0.3, 0.4) is 0 Å². The molecule has 0 unspecified atom stereocenters. The Balaban J connectivity index is 2.84. The van der Waals surface area contributed by atoms with E-state index in [-0.39, 0.29) is 17.4 Å². The predicted molar refractivity (Wildman–Crippen MR) is 62.4 cm³/mol. The molecule has 0 heterocycles. The Morgan fingerprint density at radius 1 is 1.53 bits per heavy atom. The molecule has 3 nitrogen and oxygen atoms in total. The van der Waals surface area contributed by atoms with E-state index >= 15 is 0 Å². The molecule has 4 heteroatoms. The Morgan fingerprint density at radius 2 is 2.18 bits per heavy atom. The van der Waals surface area contributed by atoms with Gasteiger partial charge in [-0.2, -0.15) is 5.26 Å². The van der Waals surface area contributed by atoms with E-state index in [2.05, 4.69) is 5.32 Å². The van der Waals surface area contributed by atoms with E-state index in [1.54, 1.807) is 19.1 Å². The lowest BCUT2D eigenvalue weighted by atomic mass is 10.0. The topological polar surface area (TPSA) is 52.9 Å². The number of hydrogen-bond acceptors (Lipinski definition) is 2. The summed E-state index contributed by atoms with van der Waals surface area (Å²) in [5, 5.41) is 11.5. The van der Waals surface area contributed by atoms with Crippen LogP contribution < -0.4 is 5.32 Å². The predicted octanol–water partition coefficient (Wildman–Crippen LogP) is 2.55. The summed E-state index contributed by atoms with van der Waals surface area (Å²) in [5.41, 5.74) is 0.201.